The largest absolute Gasteiger partial charge is 0.391 e. The molecule has 4 heterocycles. The number of imidazole rings is 1. The molecule has 1 saturated carbocycles. The van der Waals surface area contributed by atoms with Gasteiger partial charge in [0.05, 0.1) is 23.4 Å². The fourth-order valence-corrected chi connectivity index (χ4v) is 5.53. The average molecular weight is 473 g/mol. The summed E-state index contributed by atoms with van der Waals surface area (Å²) in [5, 5.41) is 21.6. The SMILES string of the molecule is O=C(NC1CCC(c2n[nH]c(=O)c3ccccc23)CC1)c1cnc2cc(N3CC[C@@H](O)C3)ccn12. The number of nitrogens with one attached hydrogen (secondary N) is 2. The molecular formula is C26H28N6O3. The van der Waals surface area contributed by atoms with Gasteiger partial charge in [-0.1, -0.05) is 18.2 Å². The van der Waals surface area contributed by atoms with E-state index in [1.807, 2.05) is 47.0 Å². The van der Waals surface area contributed by atoms with Crippen LogP contribution in [0.1, 0.15) is 54.2 Å². The Morgan fingerprint density at radius 3 is 2.66 bits per heavy atom. The number of benzene rings is 1. The molecule has 2 aliphatic rings. The van der Waals surface area contributed by atoms with Gasteiger partial charge in [0.15, 0.2) is 0 Å². The number of rotatable bonds is 4. The summed E-state index contributed by atoms with van der Waals surface area (Å²) in [6.07, 6.45) is 7.47. The molecule has 1 atom stereocenters. The third-order valence-corrected chi connectivity index (χ3v) is 7.43. The number of β-amino-alcohol motifs (C(OH)–C–C–N with tert-alkyl or cyclic N) is 1. The van der Waals surface area contributed by atoms with Crippen LogP contribution >= 0.6 is 0 Å². The monoisotopic (exact) mass is 472 g/mol. The molecule has 3 aromatic heterocycles. The van der Waals surface area contributed by atoms with E-state index in [0.29, 0.717) is 23.3 Å². The first-order valence-corrected chi connectivity index (χ1v) is 12.2. The van der Waals surface area contributed by atoms with Crippen LogP contribution < -0.4 is 15.8 Å². The predicted molar refractivity (Wildman–Crippen MR) is 133 cm³/mol. The van der Waals surface area contributed by atoms with Crippen LogP contribution in [-0.2, 0) is 0 Å². The lowest BCUT2D eigenvalue weighted by atomic mass is 9.82. The van der Waals surface area contributed by atoms with Crippen molar-refractivity contribution in [3.63, 3.8) is 0 Å². The van der Waals surface area contributed by atoms with Crippen LogP contribution in [0.2, 0.25) is 0 Å². The molecule has 3 N–H and O–H groups in total. The number of amides is 1. The summed E-state index contributed by atoms with van der Waals surface area (Å²) in [5.41, 5.74) is 3.02. The maximum absolute atomic E-state index is 13.1. The van der Waals surface area contributed by atoms with Crippen LogP contribution in [0.3, 0.4) is 0 Å². The summed E-state index contributed by atoms with van der Waals surface area (Å²) in [6.45, 7) is 1.44. The number of pyridine rings is 1. The van der Waals surface area contributed by atoms with Crippen molar-refractivity contribution in [2.75, 3.05) is 18.0 Å². The second-order valence-corrected chi connectivity index (χ2v) is 9.65. The zero-order valence-corrected chi connectivity index (χ0v) is 19.4. The van der Waals surface area contributed by atoms with Gasteiger partial charge in [-0.05, 0) is 44.2 Å². The van der Waals surface area contributed by atoms with E-state index in [1.54, 1.807) is 6.20 Å². The molecule has 1 aliphatic carbocycles. The third-order valence-electron chi connectivity index (χ3n) is 7.43. The molecule has 9 nitrogen and oxygen atoms in total. The molecule has 0 radical (unpaired) electrons. The van der Waals surface area contributed by atoms with Crippen molar-refractivity contribution in [3.05, 3.63) is 70.5 Å². The van der Waals surface area contributed by atoms with Crippen molar-refractivity contribution in [1.29, 1.82) is 0 Å². The molecule has 1 saturated heterocycles. The molecule has 0 unspecified atom stereocenters. The third kappa shape index (κ3) is 4.05. The van der Waals surface area contributed by atoms with Gasteiger partial charge in [-0.25, -0.2) is 10.1 Å². The van der Waals surface area contributed by atoms with Gasteiger partial charge in [-0.3, -0.25) is 14.0 Å². The van der Waals surface area contributed by atoms with E-state index in [4.69, 9.17) is 0 Å². The van der Waals surface area contributed by atoms with Crippen LogP contribution in [0, 0.1) is 0 Å². The van der Waals surface area contributed by atoms with Gasteiger partial charge in [-0.2, -0.15) is 5.10 Å². The minimum absolute atomic E-state index is 0.0867. The first-order valence-electron chi connectivity index (χ1n) is 12.2. The fraction of sp³-hybridized carbons (Fsp3) is 0.385. The zero-order valence-electron chi connectivity index (χ0n) is 19.4. The molecule has 2 fully saturated rings. The van der Waals surface area contributed by atoms with Crippen LogP contribution in [0.15, 0.2) is 53.6 Å². The van der Waals surface area contributed by atoms with E-state index in [1.165, 1.54) is 0 Å². The second-order valence-electron chi connectivity index (χ2n) is 9.65. The van der Waals surface area contributed by atoms with E-state index in [9.17, 15) is 14.7 Å². The van der Waals surface area contributed by atoms with Gasteiger partial charge in [0.2, 0.25) is 0 Å². The summed E-state index contributed by atoms with van der Waals surface area (Å²) in [5.74, 6) is 0.126. The van der Waals surface area contributed by atoms with Crippen molar-refractivity contribution in [2.24, 2.45) is 0 Å². The number of aromatic amines is 1. The van der Waals surface area contributed by atoms with Gasteiger partial charge in [-0.15, -0.1) is 0 Å². The molecule has 180 valence electrons. The Bertz CT molecular complexity index is 1450. The summed E-state index contributed by atoms with van der Waals surface area (Å²) in [6, 6.07) is 11.6. The van der Waals surface area contributed by atoms with E-state index in [-0.39, 0.29) is 29.5 Å². The second kappa shape index (κ2) is 8.81. The molecule has 0 spiro atoms. The fourth-order valence-electron chi connectivity index (χ4n) is 5.53. The Morgan fingerprint density at radius 1 is 1.09 bits per heavy atom. The minimum Gasteiger partial charge on any atom is -0.391 e. The normalized spacial score (nSPS) is 22.7. The maximum Gasteiger partial charge on any atom is 0.272 e. The van der Waals surface area contributed by atoms with Crippen LogP contribution in [0.25, 0.3) is 16.4 Å². The van der Waals surface area contributed by atoms with E-state index in [0.717, 1.165) is 55.4 Å². The number of hydrogen-bond donors (Lipinski definition) is 3. The number of aromatic nitrogens is 4. The number of H-pyrrole nitrogens is 1. The zero-order chi connectivity index (χ0) is 23.9. The lowest BCUT2D eigenvalue weighted by molar-refractivity contribution is 0.0919. The van der Waals surface area contributed by atoms with E-state index < -0.39 is 0 Å². The quantitative estimate of drug-likeness (QED) is 0.421. The Morgan fingerprint density at radius 2 is 1.89 bits per heavy atom. The predicted octanol–water partition coefficient (Wildman–Crippen LogP) is 2.60. The van der Waals surface area contributed by atoms with Crippen LogP contribution in [0.5, 0.6) is 0 Å². The standard InChI is InChI=1S/C26H28N6O3/c33-19-10-11-31(15-19)18-9-12-32-22(14-27-23(32)13-18)26(35)28-17-7-5-16(6-8-17)24-20-3-1-2-4-21(20)25(34)30-29-24/h1-4,9,12-14,16-17,19,33H,5-8,10-11,15H2,(H,28,35)(H,30,34)/t16?,17?,19-/m1/s1. The highest BCUT2D eigenvalue weighted by molar-refractivity contribution is 5.93. The average Bonchev–Trinajstić information content (AvgIpc) is 3.51. The van der Waals surface area contributed by atoms with Gasteiger partial charge in [0.1, 0.15) is 11.3 Å². The summed E-state index contributed by atoms with van der Waals surface area (Å²) < 4.78 is 1.81. The molecule has 4 aromatic rings. The number of aliphatic hydroxyl groups is 1. The summed E-state index contributed by atoms with van der Waals surface area (Å²) >= 11 is 0. The van der Waals surface area contributed by atoms with Crippen molar-refractivity contribution >= 4 is 28.0 Å². The number of nitrogens with zero attached hydrogens (tertiary/aromatic N) is 4. The number of anilines is 1. The number of hydrogen-bond acceptors (Lipinski definition) is 6. The number of carbonyl (C=O) groups excluding carboxylic acids is 1. The molecule has 1 amide bonds. The van der Waals surface area contributed by atoms with Crippen molar-refractivity contribution in [3.8, 4) is 0 Å². The number of carbonyl (C=O) groups is 1. The highest BCUT2D eigenvalue weighted by atomic mass is 16.3. The Labute approximate surface area is 201 Å². The van der Waals surface area contributed by atoms with E-state index in [2.05, 4.69) is 25.4 Å². The minimum atomic E-state index is -0.291. The smallest absolute Gasteiger partial charge is 0.272 e. The van der Waals surface area contributed by atoms with Crippen molar-refractivity contribution in [2.45, 2.75) is 50.2 Å². The number of aliphatic hydroxyl groups excluding tert-OH is 1. The molecule has 0 bridgehead atoms. The summed E-state index contributed by atoms with van der Waals surface area (Å²) in [4.78, 5) is 31.8. The molecule has 1 aliphatic heterocycles. The van der Waals surface area contributed by atoms with Crippen LogP contribution in [-0.4, -0.2) is 55.8 Å². The lowest BCUT2D eigenvalue weighted by Gasteiger charge is -2.29. The molecule has 6 rings (SSSR count). The Hall–Kier alpha value is -3.72. The maximum atomic E-state index is 13.1. The first kappa shape index (κ1) is 21.8. The molecule has 35 heavy (non-hydrogen) atoms. The first-order chi connectivity index (χ1) is 17.1. The van der Waals surface area contributed by atoms with Gasteiger partial charge >= 0.3 is 0 Å². The molecule has 9 heteroatoms. The molecular weight excluding hydrogens is 444 g/mol. The van der Waals surface area contributed by atoms with Crippen molar-refractivity contribution in [1.82, 2.24) is 24.9 Å². The highest BCUT2D eigenvalue weighted by Crippen LogP contribution is 2.34. The lowest BCUT2D eigenvalue weighted by Crippen LogP contribution is -2.38. The number of fused-ring (bicyclic) bond motifs is 2. The Kier molecular flexibility index (Phi) is 5.49. The Balaban J connectivity index is 1.13. The topological polar surface area (TPSA) is 116 Å². The van der Waals surface area contributed by atoms with Gasteiger partial charge in [0.25, 0.3) is 11.5 Å². The van der Waals surface area contributed by atoms with Gasteiger partial charge < -0.3 is 15.3 Å². The van der Waals surface area contributed by atoms with Crippen molar-refractivity contribution < 1.29 is 9.90 Å². The van der Waals surface area contributed by atoms with E-state index >= 15 is 0 Å². The highest BCUT2D eigenvalue weighted by Gasteiger charge is 2.27. The van der Waals surface area contributed by atoms with Crippen LogP contribution in [0.4, 0.5) is 5.69 Å². The summed E-state index contributed by atoms with van der Waals surface area (Å²) in [7, 11) is 0. The van der Waals surface area contributed by atoms with Gasteiger partial charge in [0, 0.05) is 48.4 Å². The molecule has 1 aromatic carbocycles.